The van der Waals surface area contributed by atoms with Gasteiger partial charge < -0.3 is 19.7 Å². The van der Waals surface area contributed by atoms with Crippen molar-refractivity contribution >= 4 is 27.3 Å². The maximum atomic E-state index is 13.7. The molecule has 2 aromatic carbocycles. The average molecular weight is 471 g/mol. The van der Waals surface area contributed by atoms with Crippen LogP contribution in [0, 0.1) is 0 Å². The second-order valence-electron chi connectivity index (χ2n) is 8.70. The van der Waals surface area contributed by atoms with Crippen LogP contribution in [0.15, 0.2) is 47.4 Å². The molecule has 2 heterocycles. The van der Waals surface area contributed by atoms with Gasteiger partial charge in [0.1, 0.15) is 6.54 Å². The Balaban J connectivity index is 1.47. The van der Waals surface area contributed by atoms with Crippen LogP contribution in [-0.4, -0.2) is 39.6 Å². The molecule has 1 atom stereocenters. The number of carbonyl (C=O) groups is 2. The van der Waals surface area contributed by atoms with Crippen LogP contribution in [0.1, 0.15) is 49.3 Å². The zero-order chi connectivity index (χ0) is 23.0. The number of anilines is 1. The lowest BCUT2D eigenvalue weighted by Gasteiger charge is -2.26. The van der Waals surface area contributed by atoms with Crippen molar-refractivity contribution in [2.24, 2.45) is 0 Å². The second kappa shape index (κ2) is 8.70. The minimum absolute atomic E-state index is 0.0454. The molecule has 1 aliphatic carbocycles. The zero-order valence-electron chi connectivity index (χ0n) is 18.2. The van der Waals surface area contributed by atoms with Crippen molar-refractivity contribution < 1.29 is 27.5 Å². The molecule has 0 radical (unpaired) electrons. The smallest absolute Gasteiger partial charge is 0.240 e. The van der Waals surface area contributed by atoms with Gasteiger partial charge in [-0.3, -0.25) is 9.59 Å². The van der Waals surface area contributed by atoms with Crippen LogP contribution in [0.4, 0.5) is 5.69 Å². The number of amides is 2. The molecule has 8 nitrogen and oxygen atoms in total. The number of fused-ring (bicyclic) bond motifs is 2. The largest absolute Gasteiger partial charge is 0.454 e. The van der Waals surface area contributed by atoms with Gasteiger partial charge in [0.05, 0.1) is 15.8 Å². The lowest BCUT2D eigenvalue weighted by atomic mass is 9.95. The maximum absolute atomic E-state index is 13.7. The summed E-state index contributed by atoms with van der Waals surface area (Å²) in [6.45, 7) is -0.141. The lowest BCUT2D eigenvalue weighted by Crippen LogP contribution is -2.45. The minimum atomic E-state index is -3.91. The van der Waals surface area contributed by atoms with E-state index in [1.54, 1.807) is 36.4 Å². The van der Waals surface area contributed by atoms with Crippen molar-refractivity contribution in [2.45, 2.75) is 54.7 Å². The van der Waals surface area contributed by atoms with Gasteiger partial charge in [0.15, 0.2) is 21.3 Å². The summed E-state index contributed by atoms with van der Waals surface area (Å²) < 4.78 is 38.1. The first-order chi connectivity index (χ1) is 15.9. The molecule has 2 aliphatic heterocycles. The number of sulfone groups is 1. The molecule has 1 N–H and O–H groups in total. The Morgan fingerprint density at radius 2 is 1.79 bits per heavy atom. The number of para-hydroxylation sites is 1. The van der Waals surface area contributed by atoms with Crippen molar-refractivity contribution in [3.8, 4) is 11.5 Å². The summed E-state index contributed by atoms with van der Waals surface area (Å²) in [5.41, 5.74) is 0.695. The standard InChI is InChI=1S/C24H26N2O6S/c27-23(25-17-6-2-1-3-7-17)14-26-18-8-4-5-9-21(18)33(29,30)22(13-24(26)28)16-10-11-19-20(12-16)32-15-31-19/h4-5,8-12,17,22H,1-3,6-7,13-15H2,(H,25,27). The van der Waals surface area contributed by atoms with E-state index < -0.39 is 21.0 Å². The Morgan fingerprint density at radius 1 is 1.03 bits per heavy atom. The first kappa shape index (κ1) is 21.8. The van der Waals surface area contributed by atoms with E-state index in [4.69, 9.17) is 9.47 Å². The van der Waals surface area contributed by atoms with Crippen LogP contribution < -0.4 is 19.7 Å². The number of nitrogens with one attached hydrogen (secondary N) is 1. The molecule has 2 amide bonds. The van der Waals surface area contributed by atoms with Gasteiger partial charge in [-0.2, -0.15) is 0 Å². The first-order valence-electron chi connectivity index (χ1n) is 11.3. The highest BCUT2D eigenvalue weighted by atomic mass is 32.2. The van der Waals surface area contributed by atoms with Gasteiger partial charge in [-0.25, -0.2) is 8.42 Å². The predicted molar refractivity (Wildman–Crippen MR) is 121 cm³/mol. The molecule has 0 spiro atoms. The van der Waals surface area contributed by atoms with Gasteiger partial charge in [-0.05, 0) is 42.7 Å². The highest BCUT2D eigenvalue weighted by Gasteiger charge is 2.40. The fraction of sp³-hybridized carbons (Fsp3) is 0.417. The monoisotopic (exact) mass is 470 g/mol. The molecule has 33 heavy (non-hydrogen) atoms. The van der Waals surface area contributed by atoms with E-state index in [1.165, 1.54) is 17.4 Å². The predicted octanol–water partition coefficient (Wildman–Crippen LogP) is 3.12. The Hall–Kier alpha value is -3.07. The van der Waals surface area contributed by atoms with Gasteiger partial charge in [0, 0.05) is 12.5 Å². The first-order valence-corrected chi connectivity index (χ1v) is 12.8. The second-order valence-corrected chi connectivity index (χ2v) is 10.8. The summed E-state index contributed by atoms with van der Waals surface area (Å²) in [6.07, 6.45) is 4.91. The molecule has 174 valence electrons. The van der Waals surface area contributed by atoms with Crippen molar-refractivity contribution in [1.82, 2.24) is 5.32 Å². The van der Waals surface area contributed by atoms with Gasteiger partial charge in [0.25, 0.3) is 0 Å². The van der Waals surface area contributed by atoms with E-state index in [1.807, 2.05) is 0 Å². The van der Waals surface area contributed by atoms with Gasteiger partial charge >= 0.3 is 0 Å². The quantitative estimate of drug-likeness (QED) is 0.737. The fourth-order valence-corrected chi connectivity index (χ4v) is 6.75. The van der Waals surface area contributed by atoms with Crippen LogP contribution in [0.25, 0.3) is 0 Å². The summed E-state index contributed by atoms with van der Waals surface area (Å²) in [5.74, 6) is 0.308. The Kier molecular flexibility index (Phi) is 5.74. The average Bonchev–Trinajstić information content (AvgIpc) is 3.26. The topological polar surface area (TPSA) is 102 Å². The fourth-order valence-electron chi connectivity index (χ4n) is 4.83. The molecule has 1 unspecified atom stereocenters. The third-order valence-electron chi connectivity index (χ3n) is 6.54. The van der Waals surface area contributed by atoms with Gasteiger partial charge in [0.2, 0.25) is 18.6 Å². The lowest BCUT2D eigenvalue weighted by molar-refractivity contribution is -0.124. The highest BCUT2D eigenvalue weighted by molar-refractivity contribution is 7.92. The Labute approximate surface area is 192 Å². The van der Waals surface area contributed by atoms with Gasteiger partial charge in [-0.15, -0.1) is 0 Å². The van der Waals surface area contributed by atoms with Crippen LogP contribution >= 0.6 is 0 Å². The molecular weight excluding hydrogens is 444 g/mol. The van der Waals surface area contributed by atoms with E-state index in [-0.39, 0.29) is 42.3 Å². The summed E-state index contributed by atoms with van der Waals surface area (Å²) >= 11 is 0. The highest BCUT2D eigenvalue weighted by Crippen LogP contribution is 2.43. The third-order valence-corrected chi connectivity index (χ3v) is 8.68. The van der Waals surface area contributed by atoms with Crippen LogP contribution in [0.2, 0.25) is 0 Å². The molecule has 2 aromatic rings. The summed E-state index contributed by atoms with van der Waals surface area (Å²) in [7, 11) is -3.91. The Morgan fingerprint density at radius 3 is 2.61 bits per heavy atom. The van der Waals surface area contributed by atoms with Crippen molar-refractivity contribution in [3.05, 3.63) is 48.0 Å². The molecule has 0 bridgehead atoms. The SMILES string of the molecule is O=C(CN1C(=O)CC(c2ccc3c(c2)OCO3)S(=O)(=O)c2ccccc21)NC1CCCCC1. The van der Waals surface area contributed by atoms with Gasteiger partial charge in [-0.1, -0.05) is 37.5 Å². The third kappa shape index (κ3) is 4.17. The number of benzene rings is 2. The molecule has 1 fully saturated rings. The van der Waals surface area contributed by atoms with E-state index in [2.05, 4.69) is 5.32 Å². The molecule has 0 aromatic heterocycles. The maximum Gasteiger partial charge on any atom is 0.240 e. The van der Waals surface area contributed by atoms with E-state index in [0.717, 1.165) is 25.7 Å². The summed E-state index contributed by atoms with van der Waals surface area (Å²) in [4.78, 5) is 27.5. The van der Waals surface area contributed by atoms with E-state index >= 15 is 0 Å². The van der Waals surface area contributed by atoms with Crippen molar-refractivity contribution in [2.75, 3.05) is 18.2 Å². The molecule has 5 rings (SSSR count). The molecular formula is C24H26N2O6S. The van der Waals surface area contributed by atoms with Crippen molar-refractivity contribution in [3.63, 3.8) is 0 Å². The summed E-state index contributed by atoms with van der Waals surface area (Å²) in [5, 5.41) is 1.93. The zero-order valence-corrected chi connectivity index (χ0v) is 19.0. The number of ether oxygens (including phenoxy) is 2. The van der Waals surface area contributed by atoms with E-state index in [9.17, 15) is 18.0 Å². The summed E-state index contributed by atoms with van der Waals surface area (Å²) in [6, 6.07) is 11.4. The minimum Gasteiger partial charge on any atom is -0.454 e. The van der Waals surface area contributed by atoms with Crippen molar-refractivity contribution in [1.29, 1.82) is 0 Å². The number of nitrogens with zero attached hydrogens (tertiary/aromatic N) is 1. The molecule has 9 heteroatoms. The normalized spacial score (nSPS) is 21.9. The number of hydrogen-bond donors (Lipinski definition) is 1. The Bertz CT molecular complexity index is 1190. The molecule has 1 saturated carbocycles. The molecule has 3 aliphatic rings. The van der Waals surface area contributed by atoms with Crippen LogP contribution in [0.3, 0.4) is 0 Å². The van der Waals surface area contributed by atoms with E-state index in [0.29, 0.717) is 17.1 Å². The molecule has 0 saturated heterocycles. The van der Waals surface area contributed by atoms with Crippen LogP contribution in [0.5, 0.6) is 11.5 Å². The number of carbonyl (C=O) groups excluding carboxylic acids is 2. The van der Waals surface area contributed by atoms with Crippen LogP contribution in [-0.2, 0) is 19.4 Å². The number of rotatable bonds is 4. The number of hydrogen-bond acceptors (Lipinski definition) is 6.